The van der Waals surface area contributed by atoms with E-state index in [2.05, 4.69) is 25.1 Å². The van der Waals surface area contributed by atoms with E-state index in [0.717, 1.165) is 28.7 Å². The van der Waals surface area contributed by atoms with Gasteiger partial charge in [0.2, 0.25) is 19.9 Å². The molecule has 0 saturated heterocycles. The molecule has 2 aromatic carbocycles. The Kier molecular flexibility index (Phi) is 7.50. The number of benzene rings is 2. The van der Waals surface area contributed by atoms with Crippen LogP contribution in [0, 0.1) is 13.8 Å². The fourth-order valence-corrected chi connectivity index (χ4v) is 8.81. The van der Waals surface area contributed by atoms with Crippen molar-refractivity contribution in [3.05, 3.63) is 81.4 Å². The maximum absolute atomic E-state index is 13.1. The molecule has 2 aromatic heterocycles. The highest BCUT2D eigenvalue weighted by atomic mass is 32.2. The lowest BCUT2D eigenvalue weighted by Crippen LogP contribution is -2.14. The fourth-order valence-electron chi connectivity index (χ4n) is 3.34. The lowest BCUT2D eigenvalue weighted by Gasteiger charge is -2.06. The number of sulfonamides is 1. The van der Waals surface area contributed by atoms with Crippen molar-refractivity contribution < 1.29 is 25.3 Å². The van der Waals surface area contributed by atoms with Gasteiger partial charge in [-0.3, -0.25) is 9.82 Å². The smallest absolute Gasteiger partial charge is 0.239 e. The van der Waals surface area contributed by atoms with Gasteiger partial charge >= 0.3 is 0 Å². The lowest BCUT2D eigenvalue weighted by molar-refractivity contribution is 0.588. The molecule has 0 bridgehead atoms. The van der Waals surface area contributed by atoms with Gasteiger partial charge < -0.3 is 0 Å². The molecule has 4 rings (SSSR count). The second-order valence-electron chi connectivity index (χ2n) is 8.37. The van der Waals surface area contributed by atoms with Crippen LogP contribution in [-0.2, 0) is 47.0 Å². The van der Waals surface area contributed by atoms with E-state index in [1.165, 1.54) is 12.1 Å². The van der Waals surface area contributed by atoms with Crippen molar-refractivity contribution in [2.45, 2.75) is 41.0 Å². The first kappa shape index (κ1) is 26.9. The van der Waals surface area contributed by atoms with Gasteiger partial charge in [0.1, 0.15) is 21.5 Å². The summed E-state index contributed by atoms with van der Waals surface area (Å²) in [6, 6.07) is 13.0. The molecule has 0 radical (unpaired) electrons. The Labute approximate surface area is 218 Å². The van der Waals surface area contributed by atoms with Crippen LogP contribution in [0.2, 0.25) is 0 Å². The van der Waals surface area contributed by atoms with Crippen molar-refractivity contribution in [3.8, 4) is 0 Å². The number of aromatic nitrogens is 4. The normalized spacial score (nSPS) is 12.5. The van der Waals surface area contributed by atoms with Crippen LogP contribution >= 0.6 is 11.3 Å². The summed E-state index contributed by atoms with van der Waals surface area (Å²) in [6.45, 7) is 3.70. The summed E-state index contributed by atoms with van der Waals surface area (Å²) < 4.78 is 79.2. The molecule has 196 valence electrons. The first-order valence-corrected chi connectivity index (χ1v) is 16.5. The number of nitrogens with one attached hydrogen (secondary N) is 2. The Bertz CT molecular complexity index is 1730. The van der Waals surface area contributed by atoms with Crippen LogP contribution in [0.25, 0.3) is 0 Å². The summed E-state index contributed by atoms with van der Waals surface area (Å²) in [4.78, 5) is 0.0665. The third-order valence-electron chi connectivity index (χ3n) is 5.18. The molecule has 0 aliphatic rings. The Morgan fingerprint density at radius 1 is 0.757 bits per heavy atom. The van der Waals surface area contributed by atoms with Crippen LogP contribution in [0.15, 0.2) is 64.6 Å². The molecule has 0 unspecified atom stereocenters. The zero-order valence-electron chi connectivity index (χ0n) is 19.7. The minimum atomic E-state index is -4.08. The third kappa shape index (κ3) is 6.80. The maximum atomic E-state index is 13.1. The molecule has 0 amide bonds. The van der Waals surface area contributed by atoms with Crippen LogP contribution in [-0.4, -0.2) is 45.6 Å². The number of rotatable bonds is 10. The molecule has 2 N–H and O–H groups in total. The summed E-state index contributed by atoms with van der Waals surface area (Å²) in [5.41, 5.74) is 2.26. The first-order chi connectivity index (χ1) is 17.3. The highest BCUT2D eigenvalue weighted by Crippen LogP contribution is 2.25. The number of hydrogen-bond acceptors (Lipinski definition) is 10. The summed E-state index contributed by atoms with van der Waals surface area (Å²) >= 11 is 0.841. The summed E-state index contributed by atoms with van der Waals surface area (Å²) in [5.74, 6) is -1.65. The van der Waals surface area contributed by atoms with Crippen molar-refractivity contribution in [3.63, 3.8) is 0 Å². The minimum Gasteiger partial charge on any atom is -0.283 e. The number of nitrogens with zero attached hydrogens (tertiary/aromatic N) is 3. The minimum absolute atomic E-state index is 0.00445. The van der Waals surface area contributed by atoms with Gasteiger partial charge in [-0.25, -0.2) is 25.3 Å². The van der Waals surface area contributed by atoms with Crippen LogP contribution in [0.5, 0.6) is 0 Å². The van der Waals surface area contributed by atoms with Crippen molar-refractivity contribution >= 4 is 46.7 Å². The number of aryl methyl sites for hydroxylation is 2. The molecule has 0 spiro atoms. The van der Waals surface area contributed by atoms with Gasteiger partial charge in [0.05, 0.1) is 16.8 Å². The van der Waals surface area contributed by atoms with E-state index in [1.54, 1.807) is 36.4 Å². The summed E-state index contributed by atoms with van der Waals surface area (Å²) in [7, 11) is -11.7. The second kappa shape index (κ2) is 10.3. The van der Waals surface area contributed by atoms with Gasteiger partial charge in [-0.05, 0) is 38.1 Å². The second-order valence-corrected chi connectivity index (χ2v) is 15.2. The van der Waals surface area contributed by atoms with Gasteiger partial charge in [-0.15, -0.1) is 10.2 Å². The molecule has 0 aliphatic carbocycles. The third-order valence-corrected chi connectivity index (χ3v) is 11.0. The molecular weight excluding hydrogens is 559 g/mol. The van der Waals surface area contributed by atoms with Crippen molar-refractivity contribution in [2.75, 3.05) is 4.72 Å². The molecule has 0 atom stereocenters. The SMILES string of the molecule is Cc1ccc(NS(=O)(=O)Cc2nnc(CS(=O)(=O)c3[nH]ncc3CS(=O)(=O)c3ccc(C)cc3)s2)cc1. The molecule has 37 heavy (non-hydrogen) atoms. The van der Waals surface area contributed by atoms with E-state index in [-0.39, 0.29) is 25.5 Å². The molecule has 4 aromatic rings. The quantitative estimate of drug-likeness (QED) is 0.286. The predicted molar refractivity (Wildman–Crippen MR) is 139 cm³/mol. The van der Waals surface area contributed by atoms with E-state index in [9.17, 15) is 25.3 Å². The highest BCUT2D eigenvalue weighted by Gasteiger charge is 2.27. The molecule has 0 aliphatic heterocycles. The highest BCUT2D eigenvalue weighted by molar-refractivity contribution is 7.92. The summed E-state index contributed by atoms with van der Waals surface area (Å²) in [5, 5.41) is 13.6. The van der Waals surface area contributed by atoms with Gasteiger partial charge in [0.15, 0.2) is 14.9 Å². The van der Waals surface area contributed by atoms with Gasteiger partial charge in [0, 0.05) is 11.3 Å². The maximum Gasteiger partial charge on any atom is 0.239 e. The zero-order valence-corrected chi connectivity index (χ0v) is 23.0. The Hall–Kier alpha value is -3.14. The van der Waals surface area contributed by atoms with E-state index in [0.29, 0.717) is 5.69 Å². The van der Waals surface area contributed by atoms with E-state index < -0.39 is 47.0 Å². The van der Waals surface area contributed by atoms with Gasteiger partial charge in [0.25, 0.3) is 0 Å². The Balaban J connectivity index is 1.47. The molecule has 15 heteroatoms. The number of H-pyrrole nitrogens is 1. The van der Waals surface area contributed by atoms with Crippen molar-refractivity contribution in [2.24, 2.45) is 0 Å². The van der Waals surface area contributed by atoms with Crippen LogP contribution < -0.4 is 4.72 Å². The summed E-state index contributed by atoms with van der Waals surface area (Å²) in [6.07, 6.45) is 1.16. The average Bonchev–Trinajstić information content (AvgIpc) is 3.44. The molecule has 0 saturated carbocycles. The standard InChI is InChI=1S/C22H23N5O6S4/c1-15-3-7-18(8-4-15)27-37(32,33)14-21-25-24-20(34-21)13-36(30,31)22-17(11-23-26-22)12-35(28,29)19-9-5-16(2)6-10-19/h3-11,27H,12-14H2,1-2H3,(H,23,26). The topological polar surface area (TPSA) is 169 Å². The lowest BCUT2D eigenvalue weighted by atomic mass is 10.2. The van der Waals surface area contributed by atoms with Crippen molar-refractivity contribution in [1.29, 1.82) is 0 Å². The van der Waals surface area contributed by atoms with Crippen LogP contribution in [0.3, 0.4) is 0 Å². The van der Waals surface area contributed by atoms with Crippen molar-refractivity contribution in [1.82, 2.24) is 20.4 Å². The monoisotopic (exact) mass is 581 g/mol. The van der Waals surface area contributed by atoms with Gasteiger partial charge in [-0.2, -0.15) is 5.10 Å². The number of hydrogen-bond donors (Lipinski definition) is 2. The largest absolute Gasteiger partial charge is 0.283 e. The van der Waals surface area contributed by atoms with Gasteiger partial charge in [-0.1, -0.05) is 46.7 Å². The van der Waals surface area contributed by atoms with E-state index in [4.69, 9.17) is 0 Å². The van der Waals surface area contributed by atoms with Crippen LogP contribution in [0.4, 0.5) is 5.69 Å². The van der Waals surface area contributed by atoms with Crippen LogP contribution in [0.1, 0.15) is 26.7 Å². The van der Waals surface area contributed by atoms with E-state index in [1.807, 2.05) is 13.8 Å². The average molecular weight is 582 g/mol. The molecule has 0 fully saturated rings. The molecule has 11 nitrogen and oxygen atoms in total. The molecule has 2 heterocycles. The first-order valence-electron chi connectivity index (χ1n) is 10.8. The Morgan fingerprint density at radius 3 is 1.95 bits per heavy atom. The fraction of sp³-hybridized carbons (Fsp3) is 0.227. The predicted octanol–water partition coefficient (Wildman–Crippen LogP) is 2.77. The Morgan fingerprint density at radius 2 is 1.32 bits per heavy atom. The number of anilines is 1. The number of sulfone groups is 2. The zero-order chi connectivity index (χ0) is 26.8. The number of aromatic amines is 1. The van der Waals surface area contributed by atoms with E-state index >= 15 is 0 Å². The molecular formula is C22H23N5O6S4.